The molecule has 0 saturated carbocycles. The van der Waals surface area contributed by atoms with Gasteiger partial charge in [-0.1, -0.05) is 6.07 Å². The summed E-state index contributed by atoms with van der Waals surface area (Å²) in [6, 6.07) is 7.78. The van der Waals surface area contributed by atoms with Crippen molar-refractivity contribution >= 4 is 11.4 Å². The molecule has 4 heterocycles. The molecule has 1 aliphatic rings. The second-order valence-corrected chi connectivity index (χ2v) is 5.91. The van der Waals surface area contributed by atoms with E-state index in [1.807, 2.05) is 46.0 Å². The number of aromatic nitrogens is 3. The van der Waals surface area contributed by atoms with Gasteiger partial charge in [0, 0.05) is 43.3 Å². The van der Waals surface area contributed by atoms with Crippen molar-refractivity contribution in [3.8, 4) is 11.8 Å². The van der Waals surface area contributed by atoms with Crippen molar-refractivity contribution in [2.24, 2.45) is 0 Å². The van der Waals surface area contributed by atoms with E-state index in [1.54, 1.807) is 12.4 Å². The van der Waals surface area contributed by atoms with Gasteiger partial charge in [-0.15, -0.1) is 0 Å². The number of methoxy groups -OCH3 is 1. The summed E-state index contributed by atoms with van der Waals surface area (Å²) in [7, 11) is 1.53. The number of pyridine rings is 1. The maximum atomic E-state index is 12.7. The van der Waals surface area contributed by atoms with Crippen molar-refractivity contribution in [2.45, 2.75) is 12.5 Å². The topological polar surface area (TPSA) is 69.0 Å². The standard InChI is InChI=1S/C18H18N4O3/c1-24-16-17(20-7-6-19-16)25-15-5-9-22(12-15)18(23)13-10-14-4-2-3-8-21(14)11-13/h2-4,6-8,10-11,15H,5,9,12H2,1H3. The van der Waals surface area contributed by atoms with Crippen molar-refractivity contribution in [1.29, 1.82) is 0 Å². The lowest BCUT2D eigenvalue weighted by molar-refractivity contribution is 0.0770. The molecule has 25 heavy (non-hydrogen) atoms. The smallest absolute Gasteiger partial charge is 0.278 e. The van der Waals surface area contributed by atoms with E-state index in [0.29, 0.717) is 30.4 Å². The number of amides is 1. The number of fused-ring (bicyclic) bond motifs is 1. The van der Waals surface area contributed by atoms with Crippen LogP contribution in [0.2, 0.25) is 0 Å². The van der Waals surface area contributed by atoms with Gasteiger partial charge in [0.15, 0.2) is 0 Å². The summed E-state index contributed by atoms with van der Waals surface area (Å²) in [6.45, 7) is 1.17. The van der Waals surface area contributed by atoms with E-state index in [1.165, 1.54) is 7.11 Å². The third-order valence-electron chi connectivity index (χ3n) is 4.29. The maximum absolute atomic E-state index is 12.7. The lowest BCUT2D eigenvalue weighted by atomic mass is 10.3. The third-order valence-corrected chi connectivity index (χ3v) is 4.29. The van der Waals surface area contributed by atoms with Crippen LogP contribution in [-0.4, -0.2) is 51.5 Å². The number of rotatable bonds is 4. The van der Waals surface area contributed by atoms with E-state index in [4.69, 9.17) is 9.47 Å². The molecule has 0 radical (unpaired) electrons. The molecular formula is C18H18N4O3. The minimum absolute atomic E-state index is 0.0147. The van der Waals surface area contributed by atoms with E-state index in [-0.39, 0.29) is 12.0 Å². The lowest BCUT2D eigenvalue weighted by Gasteiger charge is -2.16. The first kappa shape index (κ1) is 15.4. The fourth-order valence-electron chi connectivity index (χ4n) is 3.05. The predicted octanol–water partition coefficient (Wildman–Crippen LogP) is 2.03. The first-order chi connectivity index (χ1) is 12.2. The molecule has 0 N–H and O–H groups in total. The Labute approximate surface area is 144 Å². The maximum Gasteiger partial charge on any atom is 0.278 e. The van der Waals surface area contributed by atoms with E-state index >= 15 is 0 Å². The summed E-state index contributed by atoms with van der Waals surface area (Å²) < 4.78 is 13.0. The summed E-state index contributed by atoms with van der Waals surface area (Å²) in [5.41, 5.74) is 1.69. The molecule has 1 aliphatic heterocycles. The fourth-order valence-corrected chi connectivity index (χ4v) is 3.05. The molecule has 1 unspecified atom stereocenters. The molecule has 0 aromatic carbocycles. The summed E-state index contributed by atoms with van der Waals surface area (Å²) in [6.07, 6.45) is 7.53. The minimum Gasteiger partial charge on any atom is -0.477 e. The Morgan fingerprint density at radius 2 is 2.08 bits per heavy atom. The molecule has 0 aliphatic carbocycles. The van der Waals surface area contributed by atoms with Gasteiger partial charge in [-0.2, -0.15) is 0 Å². The van der Waals surface area contributed by atoms with Gasteiger partial charge in [-0.05, 0) is 18.2 Å². The Morgan fingerprint density at radius 3 is 2.88 bits per heavy atom. The Kier molecular flexibility index (Phi) is 3.97. The molecule has 7 heteroatoms. The monoisotopic (exact) mass is 338 g/mol. The number of carbonyl (C=O) groups excluding carboxylic acids is 1. The van der Waals surface area contributed by atoms with Gasteiger partial charge in [0.25, 0.3) is 17.7 Å². The highest BCUT2D eigenvalue weighted by atomic mass is 16.5. The van der Waals surface area contributed by atoms with Crippen LogP contribution in [0, 0.1) is 0 Å². The van der Waals surface area contributed by atoms with Crippen LogP contribution in [0.15, 0.2) is 49.1 Å². The Morgan fingerprint density at radius 1 is 1.24 bits per heavy atom. The zero-order valence-corrected chi connectivity index (χ0v) is 13.8. The van der Waals surface area contributed by atoms with E-state index in [9.17, 15) is 4.79 Å². The zero-order chi connectivity index (χ0) is 17.2. The molecule has 1 amide bonds. The van der Waals surface area contributed by atoms with Gasteiger partial charge in [-0.25, -0.2) is 9.97 Å². The highest BCUT2D eigenvalue weighted by Crippen LogP contribution is 2.24. The van der Waals surface area contributed by atoms with Crippen LogP contribution < -0.4 is 9.47 Å². The molecule has 0 spiro atoms. The van der Waals surface area contributed by atoms with E-state index < -0.39 is 0 Å². The van der Waals surface area contributed by atoms with E-state index in [2.05, 4.69) is 9.97 Å². The number of hydrogen-bond acceptors (Lipinski definition) is 5. The second kappa shape index (κ2) is 6.43. The average Bonchev–Trinajstić information content (AvgIpc) is 3.28. The molecule has 1 atom stereocenters. The largest absolute Gasteiger partial charge is 0.477 e. The highest BCUT2D eigenvalue weighted by molar-refractivity contribution is 5.95. The number of hydrogen-bond donors (Lipinski definition) is 0. The quantitative estimate of drug-likeness (QED) is 0.728. The normalized spacial score (nSPS) is 17.0. The highest BCUT2D eigenvalue weighted by Gasteiger charge is 2.29. The van der Waals surface area contributed by atoms with E-state index in [0.717, 1.165) is 11.9 Å². The minimum atomic E-state index is -0.119. The van der Waals surface area contributed by atoms with Crippen LogP contribution >= 0.6 is 0 Å². The van der Waals surface area contributed by atoms with Crippen LogP contribution in [0.1, 0.15) is 16.8 Å². The summed E-state index contributed by atoms with van der Waals surface area (Å²) in [4.78, 5) is 22.8. The lowest BCUT2D eigenvalue weighted by Crippen LogP contribution is -2.30. The number of ether oxygens (including phenoxy) is 2. The molecule has 3 aromatic heterocycles. The van der Waals surface area contributed by atoms with Gasteiger partial charge in [-0.3, -0.25) is 4.79 Å². The molecule has 7 nitrogen and oxygen atoms in total. The van der Waals surface area contributed by atoms with Crippen molar-refractivity contribution in [1.82, 2.24) is 19.3 Å². The number of likely N-dealkylation sites (tertiary alicyclic amines) is 1. The van der Waals surface area contributed by atoms with Crippen LogP contribution in [0.5, 0.6) is 11.8 Å². The fraction of sp³-hybridized carbons (Fsp3) is 0.278. The SMILES string of the molecule is COc1nccnc1OC1CCN(C(=O)c2cc3ccccn3c2)C1. The third kappa shape index (κ3) is 3.00. The molecular weight excluding hydrogens is 320 g/mol. The van der Waals surface area contributed by atoms with Gasteiger partial charge < -0.3 is 18.8 Å². The molecule has 3 aromatic rings. The Bertz CT molecular complexity index is 875. The van der Waals surface area contributed by atoms with Crippen LogP contribution in [0.4, 0.5) is 0 Å². The Hall–Kier alpha value is -3.09. The van der Waals surface area contributed by atoms with Gasteiger partial charge in [0.1, 0.15) is 6.10 Å². The molecule has 128 valence electrons. The van der Waals surface area contributed by atoms with Crippen LogP contribution in [-0.2, 0) is 0 Å². The number of nitrogens with zero attached hydrogens (tertiary/aromatic N) is 4. The number of carbonyl (C=O) groups is 1. The van der Waals surface area contributed by atoms with Crippen molar-refractivity contribution in [3.63, 3.8) is 0 Å². The van der Waals surface area contributed by atoms with Gasteiger partial charge in [0.05, 0.1) is 19.2 Å². The zero-order valence-electron chi connectivity index (χ0n) is 13.8. The first-order valence-corrected chi connectivity index (χ1v) is 8.12. The van der Waals surface area contributed by atoms with Gasteiger partial charge in [0.2, 0.25) is 0 Å². The van der Waals surface area contributed by atoms with Crippen LogP contribution in [0.3, 0.4) is 0 Å². The summed E-state index contributed by atoms with van der Waals surface area (Å²) in [5, 5.41) is 0. The molecule has 4 rings (SSSR count). The molecule has 1 fully saturated rings. The molecule has 0 bridgehead atoms. The first-order valence-electron chi connectivity index (χ1n) is 8.12. The molecule has 1 saturated heterocycles. The van der Waals surface area contributed by atoms with Gasteiger partial charge >= 0.3 is 0 Å². The van der Waals surface area contributed by atoms with Crippen molar-refractivity contribution in [3.05, 3.63) is 54.6 Å². The summed E-state index contributed by atoms with van der Waals surface area (Å²) in [5.74, 6) is 0.728. The predicted molar refractivity (Wildman–Crippen MR) is 90.9 cm³/mol. The average molecular weight is 338 g/mol. The van der Waals surface area contributed by atoms with Crippen molar-refractivity contribution in [2.75, 3.05) is 20.2 Å². The summed E-state index contributed by atoms with van der Waals surface area (Å²) >= 11 is 0. The van der Waals surface area contributed by atoms with Crippen LogP contribution in [0.25, 0.3) is 5.52 Å². The van der Waals surface area contributed by atoms with Crippen molar-refractivity contribution < 1.29 is 14.3 Å². The Balaban J connectivity index is 1.45. The second-order valence-electron chi connectivity index (χ2n) is 5.91.